The van der Waals surface area contributed by atoms with E-state index >= 15 is 0 Å². The van der Waals surface area contributed by atoms with E-state index in [-0.39, 0.29) is 11.6 Å². The van der Waals surface area contributed by atoms with E-state index in [0.29, 0.717) is 18.8 Å². The first-order valence-electron chi connectivity index (χ1n) is 13.6. The van der Waals surface area contributed by atoms with Gasteiger partial charge in [-0.05, 0) is 74.9 Å². The van der Waals surface area contributed by atoms with E-state index in [0.717, 1.165) is 12.0 Å². The summed E-state index contributed by atoms with van der Waals surface area (Å²) < 4.78 is 10.7. The van der Waals surface area contributed by atoms with Gasteiger partial charge in [-0.15, -0.1) is 0 Å². The number of benzene rings is 4. The number of hydrogen-bond acceptors (Lipinski definition) is 4. The molecule has 4 aromatic rings. The fraction of sp³-hybridized carbons (Fsp3) is 0.235. The third-order valence-electron chi connectivity index (χ3n) is 7.09. The average Bonchev–Trinajstić information content (AvgIpc) is 3.30. The van der Waals surface area contributed by atoms with Crippen molar-refractivity contribution in [3.05, 3.63) is 121 Å². The number of rotatable bonds is 7. The number of carbonyl (C=O) groups excluding carboxylic acids is 2. The lowest BCUT2D eigenvalue weighted by atomic mass is 10.2. The van der Waals surface area contributed by atoms with Crippen molar-refractivity contribution in [3.8, 4) is 5.75 Å². The Balaban J connectivity index is 1.47. The van der Waals surface area contributed by atoms with E-state index < -0.39 is 19.0 Å². The molecule has 0 aromatic heterocycles. The lowest BCUT2D eigenvalue weighted by molar-refractivity contribution is -0.127. The molecule has 0 N–H and O–H groups in total. The van der Waals surface area contributed by atoms with E-state index in [1.807, 2.05) is 35.2 Å². The fourth-order valence-corrected chi connectivity index (χ4v) is 10.4. The van der Waals surface area contributed by atoms with Crippen LogP contribution in [0.2, 0.25) is 0 Å². The Morgan fingerprint density at radius 2 is 1.32 bits per heavy atom. The monoisotopic (exact) mass is 552 g/mol. The second kappa shape index (κ2) is 11.7. The molecule has 1 fully saturated rings. The molecule has 0 aliphatic carbocycles. The summed E-state index contributed by atoms with van der Waals surface area (Å²) in [5.41, 5.74) is 0.0800. The van der Waals surface area contributed by atoms with Gasteiger partial charge in [0.15, 0.2) is 5.66 Å². The maximum absolute atomic E-state index is 14.3. The number of ether oxygens (including phenoxy) is 2. The number of amides is 1. The fourth-order valence-electron chi connectivity index (χ4n) is 5.51. The van der Waals surface area contributed by atoms with Gasteiger partial charge in [0.2, 0.25) is 0 Å². The van der Waals surface area contributed by atoms with Crippen molar-refractivity contribution in [1.29, 1.82) is 0 Å². The molecule has 1 aliphatic heterocycles. The molecule has 1 aliphatic rings. The third kappa shape index (κ3) is 5.80. The maximum atomic E-state index is 14.3. The summed E-state index contributed by atoms with van der Waals surface area (Å²) in [5, 5.41) is 3.63. The molecule has 1 saturated heterocycles. The smallest absolute Gasteiger partial charge is 0.428 e. The second-order valence-electron chi connectivity index (χ2n) is 11.0. The van der Waals surface area contributed by atoms with Gasteiger partial charge in [-0.2, -0.15) is 0 Å². The van der Waals surface area contributed by atoms with Gasteiger partial charge in [0.25, 0.3) is 5.91 Å². The van der Waals surface area contributed by atoms with Gasteiger partial charge in [0.05, 0.1) is 0 Å². The predicted octanol–water partition coefficient (Wildman–Crippen LogP) is 6.10. The molecule has 0 spiro atoms. The Hall–Kier alpha value is -3.95. The van der Waals surface area contributed by atoms with Crippen molar-refractivity contribution in [3.63, 3.8) is 0 Å². The summed E-state index contributed by atoms with van der Waals surface area (Å²) in [4.78, 5) is 28.5. The van der Waals surface area contributed by atoms with E-state index in [1.54, 1.807) is 32.9 Å². The van der Waals surface area contributed by atoms with Gasteiger partial charge in [0, 0.05) is 19.5 Å². The zero-order valence-corrected chi connectivity index (χ0v) is 24.1. The molecular formula is C34H35NO4P+. The first-order valence-corrected chi connectivity index (χ1v) is 15.5. The number of hydrogen-bond donors (Lipinski definition) is 0. The zero-order valence-electron chi connectivity index (χ0n) is 23.2. The molecule has 0 bridgehead atoms. The molecule has 6 heteroatoms. The van der Waals surface area contributed by atoms with Crippen molar-refractivity contribution in [2.45, 2.75) is 45.0 Å². The summed E-state index contributed by atoms with van der Waals surface area (Å²) in [6.45, 7) is 6.49. The highest BCUT2D eigenvalue weighted by Crippen LogP contribution is 2.62. The summed E-state index contributed by atoms with van der Waals surface area (Å²) >= 11 is 0. The third-order valence-corrected chi connectivity index (χ3v) is 11.8. The van der Waals surface area contributed by atoms with Crippen molar-refractivity contribution >= 4 is 35.2 Å². The van der Waals surface area contributed by atoms with Gasteiger partial charge in [-0.1, -0.05) is 66.7 Å². The van der Waals surface area contributed by atoms with Crippen molar-refractivity contribution < 1.29 is 19.1 Å². The van der Waals surface area contributed by atoms with E-state index in [4.69, 9.17) is 9.47 Å². The predicted molar refractivity (Wildman–Crippen MR) is 162 cm³/mol. The van der Waals surface area contributed by atoms with Gasteiger partial charge in [-0.3, -0.25) is 4.79 Å². The molecular weight excluding hydrogens is 517 g/mol. The molecule has 204 valence electrons. The quantitative estimate of drug-likeness (QED) is 0.158. The molecule has 1 atom stereocenters. The van der Waals surface area contributed by atoms with Crippen LogP contribution in [0, 0.1) is 0 Å². The lowest BCUT2D eigenvalue weighted by Gasteiger charge is -2.32. The molecule has 1 amide bonds. The normalized spacial score (nSPS) is 15.6. The number of carbonyl (C=O) groups is 2. The highest BCUT2D eigenvalue weighted by molar-refractivity contribution is 7.96. The maximum Gasteiger partial charge on any atom is 0.514 e. The van der Waals surface area contributed by atoms with E-state index in [2.05, 4.69) is 72.8 Å². The Bertz CT molecular complexity index is 1360. The largest absolute Gasteiger partial charge is 0.514 e. The van der Waals surface area contributed by atoms with Crippen LogP contribution in [0.4, 0.5) is 4.79 Å². The number of nitrogens with zero attached hydrogens (tertiary/aromatic N) is 1. The van der Waals surface area contributed by atoms with Gasteiger partial charge >= 0.3 is 6.16 Å². The standard InChI is InChI=1S/C34H35NO4P/c1-34(2,3)39-33(37)38-27-15-13-14-26(24-27)25-35-23-22-31(32(35)36)40(28-16-7-4-8-17-28,29-18-9-5-10-19-29)30-20-11-6-12-21-30/h4-21,24,31H,22-23,25H2,1-3H3/q+1/t31-/m1/s1. The number of likely N-dealkylation sites (tertiary alicyclic amines) is 1. The Morgan fingerprint density at radius 3 is 1.82 bits per heavy atom. The molecule has 0 unspecified atom stereocenters. The highest BCUT2D eigenvalue weighted by atomic mass is 31.2. The highest BCUT2D eigenvalue weighted by Gasteiger charge is 2.58. The van der Waals surface area contributed by atoms with Crippen LogP contribution in [-0.4, -0.2) is 34.8 Å². The van der Waals surface area contributed by atoms with Crippen LogP contribution in [0.1, 0.15) is 32.8 Å². The Labute approximate surface area is 237 Å². The SMILES string of the molecule is CC(C)(C)OC(=O)Oc1cccc(CN2CC[C@@H]([P+](c3ccccc3)(c3ccccc3)c3ccccc3)C2=O)c1. The molecule has 5 rings (SSSR count). The van der Waals surface area contributed by atoms with Crippen molar-refractivity contribution in [2.24, 2.45) is 0 Å². The molecule has 40 heavy (non-hydrogen) atoms. The Kier molecular flexibility index (Phi) is 8.04. The van der Waals surface area contributed by atoms with Crippen LogP contribution in [0.25, 0.3) is 0 Å². The van der Waals surface area contributed by atoms with Gasteiger partial charge in [0.1, 0.15) is 34.5 Å². The van der Waals surface area contributed by atoms with Crippen LogP contribution >= 0.6 is 7.26 Å². The molecule has 5 nitrogen and oxygen atoms in total. The van der Waals surface area contributed by atoms with Crippen LogP contribution in [0.5, 0.6) is 5.75 Å². The first kappa shape index (κ1) is 27.6. The van der Waals surface area contributed by atoms with Crippen LogP contribution in [-0.2, 0) is 16.1 Å². The molecule has 0 radical (unpaired) electrons. The zero-order chi connectivity index (χ0) is 28.2. The molecule has 0 saturated carbocycles. The summed E-state index contributed by atoms with van der Waals surface area (Å²) in [5.74, 6) is 0.554. The van der Waals surface area contributed by atoms with Crippen LogP contribution in [0.3, 0.4) is 0 Å². The van der Waals surface area contributed by atoms with Crippen LogP contribution < -0.4 is 20.7 Å². The minimum absolute atomic E-state index is 0.156. The van der Waals surface area contributed by atoms with E-state index in [1.165, 1.54) is 15.9 Å². The molecule has 4 aromatic carbocycles. The summed E-state index contributed by atoms with van der Waals surface area (Å²) in [7, 11) is -2.32. The molecule has 1 heterocycles. The second-order valence-corrected chi connectivity index (χ2v) is 14.6. The average molecular weight is 553 g/mol. The summed E-state index contributed by atoms with van der Waals surface area (Å²) in [6.07, 6.45) is 0.0180. The lowest BCUT2D eigenvalue weighted by Crippen LogP contribution is -2.42. The minimum Gasteiger partial charge on any atom is -0.428 e. The minimum atomic E-state index is -2.32. The van der Waals surface area contributed by atoms with E-state index in [9.17, 15) is 9.59 Å². The first-order chi connectivity index (χ1) is 19.3. The van der Waals surface area contributed by atoms with Gasteiger partial charge < -0.3 is 14.4 Å². The summed E-state index contributed by atoms with van der Waals surface area (Å²) in [6, 6.07) is 38.9. The topological polar surface area (TPSA) is 55.8 Å². The van der Waals surface area contributed by atoms with Crippen molar-refractivity contribution in [2.75, 3.05) is 6.54 Å². The van der Waals surface area contributed by atoms with Crippen LogP contribution in [0.15, 0.2) is 115 Å². The van der Waals surface area contributed by atoms with Gasteiger partial charge in [-0.25, -0.2) is 4.79 Å². The Morgan fingerprint density at radius 1 is 0.800 bits per heavy atom. The van der Waals surface area contributed by atoms with Crippen molar-refractivity contribution in [1.82, 2.24) is 4.90 Å².